The van der Waals surface area contributed by atoms with Crippen LogP contribution in [0, 0.1) is 11.8 Å². The van der Waals surface area contributed by atoms with Gasteiger partial charge in [-0.1, -0.05) is 74.5 Å². The Morgan fingerprint density at radius 1 is 0.812 bits per heavy atom. The summed E-state index contributed by atoms with van der Waals surface area (Å²) in [7, 11) is 4.23. The predicted octanol–water partition coefficient (Wildman–Crippen LogP) is 8.88. The number of nitrogens with zero attached hydrogens (tertiary/aromatic N) is 4. The van der Waals surface area contributed by atoms with E-state index in [2.05, 4.69) is 75.2 Å². The summed E-state index contributed by atoms with van der Waals surface area (Å²) < 4.78 is 21.8. The third-order valence-electron chi connectivity index (χ3n) is 14.1. The molecule has 5 aromatic carbocycles. The molecule has 16 nitrogen and oxygen atoms in total. The third kappa shape index (κ3) is 8.36. The SMILES string of the molecule is COC[C@H]1C[C@@H](c2nc(-c3ccc4c(c3)COc3cc5c(ccc6c5ccc5[nH]c([C@@H]7CC[C@H](C)N7C(=O)[C@@H](NC(=O)OC)C(C)C)nc56)cc3-4)c[nH]2)N(C(=O)[C@H](NC(=O)OC)c2ccccc2)C1. The average Bonchev–Trinajstić information content (AvgIpc) is 4.20. The Morgan fingerprint density at radius 3 is 2.36 bits per heavy atom. The number of aromatic amines is 2. The van der Waals surface area contributed by atoms with Crippen LogP contribution in [0.3, 0.4) is 0 Å². The van der Waals surface area contributed by atoms with Crippen molar-refractivity contribution in [3.05, 3.63) is 114 Å². The number of benzene rings is 5. The minimum atomic E-state index is -0.947. The summed E-state index contributed by atoms with van der Waals surface area (Å²) in [6.45, 7) is 7.15. The van der Waals surface area contributed by atoms with Crippen molar-refractivity contribution in [2.75, 3.05) is 34.5 Å². The molecule has 7 aromatic rings. The Labute approximate surface area is 399 Å². The molecular formula is C53H56N8O8. The number of hydrogen-bond acceptors (Lipinski definition) is 10. The largest absolute Gasteiger partial charge is 0.488 e. The number of carbonyl (C=O) groups excluding carboxylic acids is 4. The van der Waals surface area contributed by atoms with Crippen LogP contribution >= 0.6 is 0 Å². The third-order valence-corrected chi connectivity index (χ3v) is 14.1. The number of rotatable bonds is 11. The first-order valence-electron chi connectivity index (χ1n) is 23.5. The molecular weight excluding hydrogens is 877 g/mol. The number of imidazole rings is 2. The van der Waals surface area contributed by atoms with E-state index in [-0.39, 0.29) is 41.8 Å². The molecule has 10 rings (SSSR count). The monoisotopic (exact) mass is 932 g/mol. The molecule has 0 radical (unpaired) electrons. The number of methoxy groups -OCH3 is 3. The van der Waals surface area contributed by atoms with Gasteiger partial charge >= 0.3 is 12.2 Å². The summed E-state index contributed by atoms with van der Waals surface area (Å²) in [6.07, 6.45) is 2.74. The molecule has 6 atom stereocenters. The molecule has 16 heteroatoms. The Balaban J connectivity index is 0.916. The highest BCUT2D eigenvalue weighted by molar-refractivity contribution is 6.16. The molecule has 0 bridgehead atoms. The molecule has 69 heavy (non-hydrogen) atoms. The normalized spacial score (nSPS) is 19.6. The number of aromatic nitrogens is 4. The van der Waals surface area contributed by atoms with Crippen LogP contribution in [0.25, 0.3) is 55.0 Å². The van der Waals surface area contributed by atoms with Gasteiger partial charge in [-0.3, -0.25) is 9.59 Å². The lowest BCUT2D eigenvalue weighted by molar-refractivity contribution is -0.137. The van der Waals surface area contributed by atoms with Gasteiger partial charge in [0, 0.05) is 48.3 Å². The molecule has 5 heterocycles. The number of H-pyrrole nitrogens is 2. The standard InChI is InChI=1S/C53H56N8O8/c1-28(2)45(58-52(64)67-5)51(63)61-29(3)12-19-42(61)49-55-40-18-17-36-37(47(40)57-49)16-13-32-22-39-35-15-14-33(21-34(35)27-69-44(39)23-38(32)36)41-24-54-48(56-41)43-20-30(26-66-4)25-60(43)50(62)46(59-53(65)68-6)31-10-8-7-9-11-31/h7-11,13-18,21-24,28-30,42-43,45-46H,12,19-20,25-27H2,1-6H3,(H,54,56)(H,55,57)(H,58,64)(H,59,65)/t29-,30-,42-,43-,45-,46+/m0/s1. The van der Waals surface area contributed by atoms with E-state index in [9.17, 15) is 19.2 Å². The van der Waals surface area contributed by atoms with E-state index in [0.29, 0.717) is 37.6 Å². The van der Waals surface area contributed by atoms with E-state index in [1.54, 1.807) is 12.0 Å². The van der Waals surface area contributed by atoms with Crippen molar-refractivity contribution in [1.82, 2.24) is 40.4 Å². The number of nitrogens with one attached hydrogen (secondary N) is 4. The van der Waals surface area contributed by atoms with Crippen molar-refractivity contribution in [2.45, 2.75) is 76.8 Å². The molecule has 3 aliphatic rings. The number of likely N-dealkylation sites (tertiary alicyclic amines) is 2. The first-order chi connectivity index (χ1) is 33.4. The summed E-state index contributed by atoms with van der Waals surface area (Å²) in [6, 6.07) is 25.8. The van der Waals surface area contributed by atoms with Gasteiger partial charge < -0.3 is 49.3 Å². The van der Waals surface area contributed by atoms with E-state index >= 15 is 0 Å². The van der Waals surface area contributed by atoms with Crippen LogP contribution in [0.15, 0.2) is 91.1 Å². The Bertz CT molecular complexity index is 3110. The number of fused-ring (bicyclic) bond motifs is 8. The predicted molar refractivity (Wildman–Crippen MR) is 260 cm³/mol. The Kier molecular flexibility index (Phi) is 12.2. The first kappa shape index (κ1) is 45.3. The zero-order chi connectivity index (χ0) is 48.1. The van der Waals surface area contributed by atoms with Gasteiger partial charge in [0.1, 0.15) is 36.1 Å². The van der Waals surface area contributed by atoms with Crippen LogP contribution in [-0.2, 0) is 30.4 Å². The topological polar surface area (TPSA) is 193 Å². The van der Waals surface area contributed by atoms with Crippen LogP contribution in [0.1, 0.15) is 80.9 Å². The molecule has 0 unspecified atom stereocenters. The minimum absolute atomic E-state index is 0.0290. The van der Waals surface area contributed by atoms with Crippen LogP contribution in [0.5, 0.6) is 5.75 Å². The molecule has 4 amide bonds. The van der Waals surface area contributed by atoms with Gasteiger partial charge in [-0.15, -0.1) is 0 Å². The second kappa shape index (κ2) is 18.6. The fourth-order valence-corrected chi connectivity index (χ4v) is 10.6. The number of carbonyl (C=O) groups is 4. The smallest absolute Gasteiger partial charge is 0.407 e. The summed E-state index contributed by atoms with van der Waals surface area (Å²) in [5.74, 6) is 1.69. The zero-order valence-electron chi connectivity index (χ0n) is 39.5. The molecule has 2 saturated heterocycles. The lowest BCUT2D eigenvalue weighted by Crippen LogP contribution is -2.52. The molecule has 0 aliphatic carbocycles. The Hall–Kier alpha value is -7.46. The summed E-state index contributed by atoms with van der Waals surface area (Å²) in [5.41, 5.74) is 7.12. The van der Waals surface area contributed by atoms with Crippen molar-refractivity contribution in [3.63, 3.8) is 0 Å². The van der Waals surface area contributed by atoms with Gasteiger partial charge in [0.05, 0.1) is 49.6 Å². The first-order valence-corrected chi connectivity index (χ1v) is 23.5. The van der Waals surface area contributed by atoms with Crippen molar-refractivity contribution in [2.24, 2.45) is 11.8 Å². The summed E-state index contributed by atoms with van der Waals surface area (Å²) in [5, 5.41) is 9.63. The minimum Gasteiger partial charge on any atom is -0.488 e. The molecule has 3 aliphatic heterocycles. The van der Waals surface area contributed by atoms with Gasteiger partial charge in [0.15, 0.2) is 0 Å². The van der Waals surface area contributed by atoms with Crippen LogP contribution < -0.4 is 15.4 Å². The van der Waals surface area contributed by atoms with E-state index < -0.39 is 24.3 Å². The van der Waals surface area contributed by atoms with Crippen LogP contribution in [0.2, 0.25) is 0 Å². The van der Waals surface area contributed by atoms with E-state index in [1.165, 1.54) is 14.2 Å². The van der Waals surface area contributed by atoms with E-state index in [0.717, 1.165) is 84.9 Å². The van der Waals surface area contributed by atoms with E-state index in [1.807, 2.05) is 62.2 Å². The summed E-state index contributed by atoms with van der Waals surface area (Å²) in [4.78, 5) is 73.8. The zero-order valence-corrected chi connectivity index (χ0v) is 39.5. The molecule has 4 N–H and O–H groups in total. The molecule has 2 fully saturated rings. The van der Waals surface area contributed by atoms with Crippen LogP contribution in [-0.4, -0.2) is 100 Å². The second-order valence-corrected chi connectivity index (χ2v) is 18.7. The van der Waals surface area contributed by atoms with E-state index in [4.69, 9.17) is 28.9 Å². The average molecular weight is 933 g/mol. The molecule has 2 aromatic heterocycles. The fourth-order valence-electron chi connectivity index (χ4n) is 10.6. The summed E-state index contributed by atoms with van der Waals surface area (Å²) >= 11 is 0. The maximum absolute atomic E-state index is 14.3. The van der Waals surface area contributed by atoms with Gasteiger partial charge in [0.25, 0.3) is 5.91 Å². The maximum Gasteiger partial charge on any atom is 0.407 e. The van der Waals surface area contributed by atoms with Crippen molar-refractivity contribution >= 4 is 56.6 Å². The van der Waals surface area contributed by atoms with Crippen molar-refractivity contribution < 1.29 is 38.1 Å². The second-order valence-electron chi connectivity index (χ2n) is 18.7. The number of hydrogen-bond donors (Lipinski definition) is 4. The van der Waals surface area contributed by atoms with Crippen LogP contribution in [0.4, 0.5) is 9.59 Å². The highest BCUT2D eigenvalue weighted by Gasteiger charge is 2.43. The van der Waals surface area contributed by atoms with Gasteiger partial charge in [0.2, 0.25) is 5.91 Å². The molecule has 356 valence electrons. The quantitative estimate of drug-likeness (QED) is 0.0911. The highest BCUT2D eigenvalue weighted by atomic mass is 16.5. The number of alkyl carbamates (subject to hydrolysis) is 2. The number of ether oxygens (including phenoxy) is 4. The van der Waals surface area contributed by atoms with Gasteiger partial charge in [-0.05, 0) is 89.2 Å². The molecule has 0 saturated carbocycles. The highest BCUT2D eigenvalue weighted by Crippen LogP contribution is 2.45. The maximum atomic E-state index is 14.3. The fraction of sp³-hybridized carbons (Fsp3) is 0.358. The Morgan fingerprint density at radius 2 is 1.59 bits per heavy atom. The van der Waals surface area contributed by atoms with Crippen molar-refractivity contribution in [1.29, 1.82) is 0 Å². The lowest BCUT2D eigenvalue weighted by Gasteiger charge is -2.32. The number of amides is 4. The molecule has 0 spiro atoms. The van der Waals surface area contributed by atoms with Crippen molar-refractivity contribution in [3.8, 4) is 28.1 Å². The van der Waals surface area contributed by atoms with Gasteiger partial charge in [-0.2, -0.15) is 0 Å². The van der Waals surface area contributed by atoms with Gasteiger partial charge in [-0.25, -0.2) is 19.6 Å². The lowest BCUT2D eigenvalue weighted by atomic mass is 9.91.